The van der Waals surface area contributed by atoms with Gasteiger partial charge in [-0.1, -0.05) is 15.9 Å². The number of benzene rings is 1. The van der Waals surface area contributed by atoms with Gasteiger partial charge >= 0.3 is 0 Å². The van der Waals surface area contributed by atoms with Crippen LogP contribution in [-0.2, 0) is 0 Å². The molecule has 0 unspecified atom stereocenters. The summed E-state index contributed by atoms with van der Waals surface area (Å²) in [7, 11) is 0. The Morgan fingerprint density at radius 1 is 1.31 bits per heavy atom. The Bertz CT molecular complexity index is 374. The first-order valence-corrected chi connectivity index (χ1v) is 4.65. The van der Waals surface area contributed by atoms with Crippen LogP contribution in [0.15, 0.2) is 10.5 Å². The Morgan fingerprint density at radius 3 is 2.31 bits per heavy atom. The fourth-order valence-corrected chi connectivity index (χ4v) is 1.94. The molecule has 13 heavy (non-hydrogen) atoms. The lowest BCUT2D eigenvalue weighted by atomic mass is 10.0. The van der Waals surface area contributed by atoms with E-state index in [0.29, 0.717) is 5.56 Å². The van der Waals surface area contributed by atoms with E-state index in [1.165, 1.54) is 0 Å². The highest BCUT2D eigenvalue weighted by atomic mass is 79.9. The van der Waals surface area contributed by atoms with Gasteiger partial charge in [0.2, 0.25) is 0 Å². The van der Waals surface area contributed by atoms with Crippen molar-refractivity contribution in [3.63, 3.8) is 0 Å². The van der Waals surface area contributed by atoms with Crippen LogP contribution in [-0.4, -0.2) is 4.92 Å². The highest BCUT2D eigenvalue weighted by Crippen LogP contribution is 2.30. The van der Waals surface area contributed by atoms with E-state index in [4.69, 9.17) is 0 Å². The van der Waals surface area contributed by atoms with Crippen LogP contribution in [0.5, 0.6) is 0 Å². The zero-order valence-corrected chi connectivity index (χ0v) is 9.31. The van der Waals surface area contributed by atoms with Gasteiger partial charge in [-0.15, -0.1) is 0 Å². The third-order valence-corrected chi connectivity index (χ3v) is 3.00. The van der Waals surface area contributed by atoms with Gasteiger partial charge in [0.15, 0.2) is 0 Å². The number of hydrogen-bond acceptors (Lipinski definition) is 2. The van der Waals surface area contributed by atoms with Crippen molar-refractivity contribution in [1.82, 2.24) is 0 Å². The molecule has 0 spiro atoms. The average Bonchev–Trinajstić information content (AvgIpc) is 1.99. The third-order valence-electron chi connectivity index (χ3n) is 2.18. The average molecular weight is 244 g/mol. The minimum atomic E-state index is -0.329. The predicted octanol–water partition coefficient (Wildman–Crippen LogP) is 3.28. The Kier molecular flexibility index (Phi) is 2.71. The van der Waals surface area contributed by atoms with Crippen molar-refractivity contribution in [2.24, 2.45) is 0 Å². The maximum Gasteiger partial charge on any atom is 0.275 e. The quantitative estimate of drug-likeness (QED) is 0.562. The largest absolute Gasteiger partial charge is 0.275 e. The van der Waals surface area contributed by atoms with Crippen LogP contribution in [0, 0.1) is 30.9 Å². The fourth-order valence-electron chi connectivity index (χ4n) is 1.30. The van der Waals surface area contributed by atoms with E-state index in [0.717, 1.165) is 15.6 Å². The van der Waals surface area contributed by atoms with Crippen molar-refractivity contribution in [2.45, 2.75) is 20.8 Å². The minimum Gasteiger partial charge on any atom is -0.258 e. The lowest BCUT2D eigenvalue weighted by Gasteiger charge is -2.06. The van der Waals surface area contributed by atoms with Crippen molar-refractivity contribution >= 4 is 21.6 Å². The van der Waals surface area contributed by atoms with Crippen molar-refractivity contribution in [1.29, 1.82) is 0 Å². The van der Waals surface area contributed by atoms with Gasteiger partial charge in [0.25, 0.3) is 5.69 Å². The summed E-state index contributed by atoms with van der Waals surface area (Å²) in [5.41, 5.74) is 2.58. The normalized spacial score (nSPS) is 10.2. The second-order valence-electron chi connectivity index (χ2n) is 3.03. The van der Waals surface area contributed by atoms with E-state index in [2.05, 4.69) is 15.9 Å². The Morgan fingerprint density at radius 2 is 1.85 bits per heavy atom. The van der Waals surface area contributed by atoms with E-state index in [1.807, 2.05) is 6.92 Å². The highest BCUT2D eigenvalue weighted by Gasteiger charge is 2.17. The maximum absolute atomic E-state index is 10.7. The summed E-state index contributed by atoms with van der Waals surface area (Å²) in [6.07, 6.45) is 0. The summed E-state index contributed by atoms with van der Waals surface area (Å²) in [5.74, 6) is 0. The summed E-state index contributed by atoms with van der Waals surface area (Å²) in [6.45, 7) is 5.38. The Balaban J connectivity index is 3.53. The van der Waals surface area contributed by atoms with Crippen LogP contribution < -0.4 is 0 Å². The molecule has 0 aliphatic carbocycles. The molecule has 0 saturated heterocycles. The van der Waals surface area contributed by atoms with Gasteiger partial charge in [0.1, 0.15) is 0 Å². The summed E-state index contributed by atoms with van der Waals surface area (Å²) in [6, 6.07) is 1.78. The second-order valence-corrected chi connectivity index (χ2v) is 3.89. The molecule has 3 nitrogen and oxygen atoms in total. The molecule has 1 rings (SSSR count). The van der Waals surface area contributed by atoms with Gasteiger partial charge < -0.3 is 0 Å². The number of hydrogen-bond donors (Lipinski definition) is 0. The summed E-state index contributed by atoms with van der Waals surface area (Å²) in [5, 5.41) is 10.7. The van der Waals surface area contributed by atoms with E-state index in [9.17, 15) is 10.1 Å². The smallest absolute Gasteiger partial charge is 0.258 e. The number of nitrogens with zero attached hydrogens (tertiary/aromatic N) is 1. The standard InChI is InChI=1S/C9H10BrNO2/c1-5-4-8(10)6(2)7(3)9(5)11(12)13/h4H,1-3H3. The molecule has 4 heteroatoms. The van der Waals surface area contributed by atoms with Crippen LogP contribution in [0.4, 0.5) is 5.69 Å². The zero-order valence-electron chi connectivity index (χ0n) is 7.72. The second kappa shape index (κ2) is 3.46. The molecule has 0 bridgehead atoms. The molecule has 0 amide bonds. The van der Waals surface area contributed by atoms with Gasteiger partial charge in [-0.05, 0) is 32.4 Å². The molecule has 0 fully saturated rings. The number of nitro groups is 1. The topological polar surface area (TPSA) is 43.1 Å². The van der Waals surface area contributed by atoms with Gasteiger partial charge in [-0.3, -0.25) is 10.1 Å². The summed E-state index contributed by atoms with van der Waals surface area (Å²) in [4.78, 5) is 10.4. The lowest BCUT2D eigenvalue weighted by molar-refractivity contribution is -0.386. The molecule has 1 aromatic rings. The first-order valence-electron chi connectivity index (χ1n) is 3.86. The van der Waals surface area contributed by atoms with Crippen LogP contribution in [0.2, 0.25) is 0 Å². The van der Waals surface area contributed by atoms with Crippen molar-refractivity contribution in [3.8, 4) is 0 Å². The molecular weight excluding hydrogens is 234 g/mol. The van der Waals surface area contributed by atoms with E-state index >= 15 is 0 Å². The molecule has 0 heterocycles. The third kappa shape index (κ3) is 1.72. The van der Waals surface area contributed by atoms with Gasteiger partial charge in [0, 0.05) is 15.6 Å². The van der Waals surface area contributed by atoms with Crippen molar-refractivity contribution < 1.29 is 4.92 Å². The van der Waals surface area contributed by atoms with Crippen molar-refractivity contribution in [2.75, 3.05) is 0 Å². The molecule has 0 atom stereocenters. The van der Waals surface area contributed by atoms with Crippen LogP contribution >= 0.6 is 15.9 Å². The lowest BCUT2D eigenvalue weighted by Crippen LogP contribution is -1.97. The molecule has 0 radical (unpaired) electrons. The number of halogens is 1. The number of nitro benzene ring substituents is 1. The minimum absolute atomic E-state index is 0.223. The number of rotatable bonds is 1. The van der Waals surface area contributed by atoms with Crippen molar-refractivity contribution in [3.05, 3.63) is 37.3 Å². The molecule has 0 N–H and O–H groups in total. The molecular formula is C9H10BrNO2. The summed E-state index contributed by atoms with van der Waals surface area (Å²) >= 11 is 3.36. The van der Waals surface area contributed by atoms with E-state index < -0.39 is 0 Å². The highest BCUT2D eigenvalue weighted by molar-refractivity contribution is 9.10. The molecule has 0 aromatic heterocycles. The molecule has 0 aliphatic heterocycles. The molecule has 0 aliphatic rings. The summed E-state index contributed by atoms with van der Waals surface area (Å²) < 4.78 is 0.924. The maximum atomic E-state index is 10.7. The Labute approximate surface area is 85.0 Å². The fraction of sp³-hybridized carbons (Fsp3) is 0.333. The van der Waals surface area contributed by atoms with Crippen LogP contribution in [0.25, 0.3) is 0 Å². The first-order chi connectivity index (χ1) is 5.95. The molecule has 0 saturated carbocycles. The molecule has 70 valence electrons. The van der Waals surface area contributed by atoms with E-state index in [-0.39, 0.29) is 10.6 Å². The first kappa shape index (κ1) is 10.2. The van der Waals surface area contributed by atoms with Crippen LogP contribution in [0.3, 0.4) is 0 Å². The van der Waals surface area contributed by atoms with E-state index in [1.54, 1.807) is 19.9 Å². The predicted molar refractivity (Wildman–Crippen MR) is 55.0 cm³/mol. The Hall–Kier alpha value is -0.900. The zero-order chi connectivity index (χ0) is 10.2. The van der Waals surface area contributed by atoms with Gasteiger partial charge in [-0.2, -0.15) is 0 Å². The molecule has 1 aromatic carbocycles. The van der Waals surface area contributed by atoms with Gasteiger partial charge in [-0.25, -0.2) is 0 Å². The monoisotopic (exact) mass is 243 g/mol. The van der Waals surface area contributed by atoms with Crippen LogP contribution in [0.1, 0.15) is 16.7 Å². The number of aryl methyl sites for hydroxylation is 1. The SMILES string of the molecule is Cc1cc(Br)c(C)c(C)c1[N+](=O)[O-]. The van der Waals surface area contributed by atoms with Gasteiger partial charge in [0.05, 0.1) is 4.92 Å².